The van der Waals surface area contributed by atoms with E-state index in [9.17, 15) is 21.4 Å². The zero-order chi connectivity index (χ0) is 24.3. The fourth-order valence-electron chi connectivity index (χ4n) is 3.68. The van der Waals surface area contributed by atoms with E-state index >= 15 is 0 Å². The first-order valence-electron chi connectivity index (χ1n) is 11.5. The van der Waals surface area contributed by atoms with Crippen molar-refractivity contribution >= 4 is 20.2 Å². The van der Waals surface area contributed by atoms with Crippen LogP contribution in [0.3, 0.4) is 0 Å². The van der Waals surface area contributed by atoms with E-state index in [1.54, 1.807) is 12.1 Å². The summed E-state index contributed by atoms with van der Waals surface area (Å²) in [4.78, 5) is -0.561. The SMILES string of the molecule is CCCCCCCCCCCCc1ccc(Oc2cccc(S(=O)(=O)O)c2)cc1S(=O)(=O)O. The van der Waals surface area contributed by atoms with Gasteiger partial charge in [0.25, 0.3) is 20.2 Å². The minimum atomic E-state index is -4.46. The third-order valence-corrected chi connectivity index (χ3v) is 7.24. The van der Waals surface area contributed by atoms with Crippen LogP contribution >= 0.6 is 0 Å². The molecule has 33 heavy (non-hydrogen) atoms. The van der Waals surface area contributed by atoms with Crippen LogP contribution in [-0.4, -0.2) is 25.9 Å². The Labute approximate surface area is 197 Å². The predicted octanol–water partition coefficient (Wildman–Crippen LogP) is 6.44. The van der Waals surface area contributed by atoms with Crippen molar-refractivity contribution < 1.29 is 30.7 Å². The third-order valence-electron chi connectivity index (χ3n) is 5.46. The summed E-state index contributed by atoms with van der Waals surface area (Å²) >= 11 is 0. The Kier molecular flexibility index (Phi) is 10.8. The lowest BCUT2D eigenvalue weighted by Crippen LogP contribution is -2.04. The van der Waals surface area contributed by atoms with Crippen LogP contribution in [0.4, 0.5) is 0 Å². The van der Waals surface area contributed by atoms with Crippen LogP contribution in [0, 0.1) is 0 Å². The summed E-state index contributed by atoms with van der Waals surface area (Å²) in [6, 6.07) is 9.59. The molecule has 2 rings (SSSR count). The van der Waals surface area contributed by atoms with Crippen molar-refractivity contribution in [3.05, 3.63) is 48.0 Å². The summed E-state index contributed by atoms with van der Waals surface area (Å²) in [6.45, 7) is 2.21. The van der Waals surface area contributed by atoms with E-state index in [2.05, 4.69) is 6.92 Å². The summed E-state index contributed by atoms with van der Waals surface area (Å²) in [7, 11) is -8.85. The number of hydrogen-bond donors (Lipinski definition) is 2. The summed E-state index contributed by atoms with van der Waals surface area (Å²) in [5, 5.41) is 0. The fraction of sp³-hybridized carbons (Fsp3) is 0.500. The molecule has 0 aromatic heterocycles. The van der Waals surface area contributed by atoms with Crippen molar-refractivity contribution in [3.8, 4) is 11.5 Å². The van der Waals surface area contributed by atoms with Crippen molar-refractivity contribution in [1.29, 1.82) is 0 Å². The van der Waals surface area contributed by atoms with Crippen molar-refractivity contribution in [2.75, 3.05) is 0 Å². The molecule has 7 nitrogen and oxygen atoms in total. The molecule has 0 radical (unpaired) electrons. The Bertz CT molecular complexity index is 1090. The van der Waals surface area contributed by atoms with Crippen molar-refractivity contribution in [1.82, 2.24) is 0 Å². The molecule has 0 saturated carbocycles. The average molecular weight is 499 g/mol. The number of aryl methyl sites for hydroxylation is 1. The van der Waals surface area contributed by atoms with Crippen LogP contribution in [0.2, 0.25) is 0 Å². The smallest absolute Gasteiger partial charge is 0.294 e. The van der Waals surface area contributed by atoms with Crippen LogP contribution in [0.1, 0.15) is 76.7 Å². The molecule has 2 N–H and O–H groups in total. The van der Waals surface area contributed by atoms with E-state index < -0.39 is 20.2 Å². The first-order valence-corrected chi connectivity index (χ1v) is 14.3. The molecule has 2 aromatic rings. The van der Waals surface area contributed by atoms with Crippen LogP contribution in [0.15, 0.2) is 52.3 Å². The highest BCUT2D eigenvalue weighted by atomic mass is 32.2. The topological polar surface area (TPSA) is 118 Å². The van der Waals surface area contributed by atoms with Gasteiger partial charge in [0.15, 0.2) is 0 Å². The molecular formula is C24H34O7S2. The highest BCUT2D eigenvalue weighted by Crippen LogP contribution is 2.29. The molecule has 0 saturated heterocycles. The van der Waals surface area contributed by atoms with Gasteiger partial charge >= 0.3 is 0 Å². The maximum absolute atomic E-state index is 11.9. The van der Waals surface area contributed by atoms with Gasteiger partial charge in [0, 0.05) is 12.1 Å². The van der Waals surface area contributed by atoms with Crippen molar-refractivity contribution in [2.24, 2.45) is 0 Å². The molecule has 2 aromatic carbocycles. The van der Waals surface area contributed by atoms with E-state index in [-0.39, 0.29) is 21.3 Å². The number of ether oxygens (including phenoxy) is 1. The molecule has 184 valence electrons. The van der Waals surface area contributed by atoms with E-state index in [0.717, 1.165) is 25.3 Å². The molecule has 0 atom stereocenters. The summed E-state index contributed by atoms with van der Waals surface area (Å²) in [5.41, 5.74) is 0.510. The first kappa shape index (κ1) is 27.3. The zero-order valence-corrected chi connectivity index (χ0v) is 20.7. The van der Waals surface area contributed by atoms with Gasteiger partial charge in [-0.2, -0.15) is 16.8 Å². The van der Waals surface area contributed by atoms with Crippen LogP contribution in [0.5, 0.6) is 11.5 Å². The maximum atomic E-state index is 11.9. The molecule has 0 aliphatic heterocycles. The Hall–Kier alpha value is -1.94. The number of benzene rings is 2. The van der Waals surface area contributed by atoms with Gasteiger partial charge < -0.3 is 4.74 Å². The van der Waals surface area contributed by atoms with E-state index in [1.165, 1.54) is 69.2 Å². The number of rotatable bonds is 15. The maximum Gasteiger partial charge on any atom is 0.294 e. The average Bonchev–Trinajstić information content (AvgIpc) is 2.75. The lowest BCUT2D eigenvalue weighted by molar-refractivity contribution is 0.466. The van der Waals surface area contributed by atoms with Gasteiger partial charge in [-0.1, -0.05) is 76.8 Å². The molecule has 0 amide bonds. The third kappa shape index (κ3) is 9.83. The van der Waals surface area contributed by atoms with Crippen LogP contribution in [-0.2, 0) is 26.7 Å². The van der Waals surface area contributed by atoms with Crippen LogP contribution in [0.25, 0.3) is 0 Å². The first-order chi connectivity index (χ1) is 15.6. The molecule has 0 aliphatic rings. The van der Waals surface area contributed by atoms with Crippen molar-refractivity contribution in [2.45, 2.75) is 87.3 Å². The second kappa shape index (κ2) is 13.1. The monoisotopic (exact) mass is 498 g/mol. The summed E-state index contributed by atoms with van der Waals surface area (Å²) in [6.07, 6.45) is 12.2. The fourth-order valence-corrected chi connectivity index (χ4v) is 4.96. The minimum absolute atomic E-state index is 0.105. The molecule has 0 aliphatic carbocycles. The lowest BCUT2D eigenvalue weighted by atomic mass is 10.0. The molecule has 0 spiro atoms. The van der Waals surface area contributed by atoms with Gasteiger partial charge in [0.2, 0.25) is 0 Å². The Balaban J connectivity index is 1.94. The second-order valence-corrected chi connectivity index (χ2v) is 11.0. The quantitative estimate of drug-likeness (QED) is 0.214. The second-order valence-electron chi connectivity index (χ2n) is 8.23. The van der Waals surface area contributed by atoms with Gasteiger partial charge in [-0.05, 0) is 36.6 Å². The van der Waals surface area contributed by atoms with Crippen LogP contribution < -0.4 is 4.74 Å². The highest BCUT2D eigenvalue weighted by molar-refractivity contribution is 7.86. The normalized spacial score (nSPS) is 12.1. The minimum Gasteiger partial charge on any atom is -0.457 e. The van der Waals surface area contributed by atoms with Gasteiger partial charge in [-0.15, -0.1) is 0 Å². The molecule has 0 bridgehead atoms. The molecular weight excluding hydrogens is 464 g/mol. The van der Waals surface area contributed by atoms with E-state index in [1.807, 2.05) is 0 Å². The van der Waals surface area contributed by atoms with E-state index in [0.29, 0.717) is 12.0 Å². The van der Waals surface area contributed by atoms with Gasteiger partial charge in [-0.3, -0.25) is 9.11 Å². The Morgan fingerprint density at radius 2 is 1.27 bits per heavy atom. The molecule has 0 fully saturated rings. The van der Waals surface area contributed by atoms with Gasteiger partial charge in [-0.25, -0.2) is 0 Å². The predicted molar refractivity (Wildman–Crippen MR) is 128 cm³/mol. The van der Waals surface area contributed by atoms with Crippen molar-refractivity contribution in [3.63, 3.8) is 0 Å². The lowest BCUT2D eigenvalue weighted by Gasteiger charge is -2.11. The zero-order valence-electron chi connectivity index (χ0n) is 19.1. The Morgan fingerprint density at radius 3 is 1.85 bits per heavy atom. The Morgan fingerprint density at radius 1 is 0.697 bits per heavy atom. The summed E-state index contributed by atoms with van der Waals surface area (Å²) in [5.74, 6) is 0.232. The van der Waals surface area contributed by atoms with Gasteiger partial charge in [0.05, 0.1) is 4.90 Å². The highest BCUT2D eigenvalue weighted by Gasteiger charge is 2.17. The number of hydrogen-bond acceptors (Lipinski definition) is 5. The summed E-state index contributed by atoms with van der Waals surface area (Å²) < 4.78 is 70.8. The number of unbranched alkanes of at least 4 members (excludes halogenated alkanes) is 9. The standard InChI is InChI=1S/C24H34O7S2/c1-2-3-4-5-6-7-8-9-10-11-13-20-16-17-22(19-24(20)33(28,29)30)31-21-14-12-15-23(18-21)32(25,26)27/h12,14-19H,2-11,13H2,1H3,(H,25,26,27)(H,28,29,30). The van der Waals surface area contributed by atoms with E-state index in [4.69, 9.17) is 9.29 Å². The molecule has 0 heterocycles. The van der Waals surface area contributed by atoms with Gasteiger partial charge in [0.1, 0.15) is 16.4 Å². The largest absolute Gasteiger partial charge is 0.457 e. The molecule has 9 heteroatoms. The molecule has 0 unspecified atom stereocenters.